The van der Waals surface area contributed by atoms with Gasteiger partial charge >= 0.3 is 0 Å². The van der Waals surface area contributed by atoms with Crippen LogP contribution in [0, 0.1) is 5.41 Å². The van der Waals surface area contributed by atoms with Crippen molar-refractivity contribution in [3.05, 3.63) is 35.1 Å². The van der Waals surface area contributed by atoms with E-state index in [2.05, 4.69) is 51.6 Å². The first kappa shape index (κ1) is 50.8. The summed E-state index contributed by atoms with van der Waals surface area (Å²) in [5, 5.41) is 25.9. The molecule has 0 aromatic carbocycles. The summed E-state index contributed by atoms with van der Waals surface area (Å²) in [5.74, 6) is -1.40. The number of carbonyl (C=O) groups is 5. The van der Waals surface area contributed by atoms with Gasteiger partial charge in [-0.25, -0.2) is 4.98 Å². The number of carbonyl (C=O) groups excluding carboxylic acids is 5. The molecule has 58 heavy (non-hydrogen) atoms. The van der Waals surface area contributed by atoms with Crippen molar-refractivity contribution in [1.82, 2.24) is 31.2 Å². The highest BCUT2D eigenvalue weighted by Crippen LogP contribution is 2.30. The minimum atomic E-state index is -1.46. The number of thioether (sulfide) groups is 1. The summed E-state index contributed by atoms with van der Waals surface area (Å²) in [7, 11) is 1.83. The van der Waals surface area contributed by atoms with Gasteiger partial charge < -0.3 is 47.0 Å². The first-order chi connectivity index (χ1) is 27.5. The summed E-state index contributed by atoms with van der Waals surface area (Å²) in [6.07, 6.45) is 9.76. The molecule has 0 saturated carbocycles. The summed E-state index contributed by atoms with van der Waals surface area (Å²) in [6.45, 7) is 17.5. The van der Waals surface area contributed by atoms with Crippen molar-refractivity contribution in [1.29, 1.82) is 0 Å². The van der Waals surface area contributed by atoms with E-state index in [0.717, 1.165) is 75.6 Å². The number of aromatic nitrogens is 1. The summed E-state index contributed by atoms with van der Waals surface area (Å²) in [6, 6.07) is 0.465. The summed E-state index contributed by atoms with van der Waals surface area (Å²) < 4.78 is 5.52. The van der Waals surface area contributed by atoms with Crippen molar-refractivity contribution in [3.8, 4) is 0 Å². The number of aliphatic hydroxyl groups is 1. The van der Waals surface area contributed by atoms with Crippen LogP contribution in [0.2, 0.25) is 0 Å². The number of hydrogen-bond donors (Lipinski definition) is 7. The van der Waals surface area contributed by atoms with Crippen molar-refractivity contribution in [2.24, 2.45) is 11.1 Å². The Morgan fingerprint density at radius 3 is 2.47 bits per heavy atom. The van der Waals surface area contributed by atoms with E-state index >= 15 is 0 Å². The molecule has 2 heterocycles. The molecule has 3 atom stereocenters. The lowest BCUT2D eigenvalue weighted by atomic mass is 9.92. The van der Waals surface area contributed by atoms with E-state index in [4.69, 9.17) is 10.5 Å². The van der Waals surface area contributed by atoms with Gasteiger partial charge in [0.15, 0.2) is 10.9 Å². The van der Waals surface area contributed by atoms with Crippen LogP contribution < -0.4 is 32.3 Å². The van der Waals surface area contributed by atoms with Gasteiger partial charge in [-0.2, -0.15) is 0 Å². The van der Waals surface area contributed by atoms with Crippen LogP contribution in [0.5, 0.6) is 0 Å². The van der Waals surface area contributed by atoms with Gasteiger partial charge in [0, 0.05) is 73.0 Å². The first-order valence-corrected chi connectivity index (χ1v) is 22.4. The highest BCUT2D eigenvalue weighted by atomic mass is 32.2. The molecule has 4 amide bonds. The molecule has 3 unspecified atom stereocenters. The molecule has 8 N–H and O–H groups in total. The van der Waals surface area contributed by atoms with Crippen LogP contribution in [0.3, 0.4) is 0 Å². The van der Waals surface area contributed by atoms with Crippen LogP contribution in [0.25, 0.3) is 0 Å². The van der Waals surface area contributed by atoms with Crippen LogP contribution in [-0.4, -0.2) is 114 Å². The highest BCUT2D eigenvalue weighted by Gasteiger charge is 2.38. The maximum absolute atomic E-state index is 12.9. The number of aryl methyl sites for hydroxylation is 1. The summed E-state index contributed by atoms with van der Waals surface area (Å²) in [5.41, 5.74) is 6.95. The van der Waals surface area contributed by atoms with Crippen molar-refractivity contribution >= 4 is 58.1 Å². The third kappa shape index (κ3) is 20.6. The Morgan fingerprint density at radius 2 is 1.79 bits per heavy atom. The number of imide groups is 1. The fourth-order valence-corrected chi connectivity index (χ4v) is 8.29. The van der Waals surface area contributed by atoms with Crippen LogP contribution >= 0.6 is 23.1 Å². The second-order valence-electron chi connectivity index (χ2n) is 15.8. The van der Waals surface area contributed by atoms with E-state index < -0.39 is 11.2 Å². The Hall–Kier alpha value is -3.35. The molecule has 17 heteroatoms. The molecule has 328 valence electrons. The number of nitrogens with zero attached hydrogens (tertiary/aromatic N) is 2. The molecule has 0 radical (unpaired) electrons. The number of unbranched alkanes of at least 4 members (excludes halogenated alkanes) is 3. The van der Waals surface area contributed by atoms with Gasteiger partial charge in [0.2, 0.25) is 23.6 Å². The van der Waals surface area contributed by atoms with Crippen molar-refractivity contribution in [2.75, 3.05) is 57.4 Å². The maximum atomic E-state index is 12.9. The largest absolute Gasteiger partial charge is 0.401 e. The van der Waals surface area contributed by atoms with Crippen molar-refractivity contribution in [2.45, 2.75) is 128 Å². The topological polar surface area (TPSA) is 217 Å². The number of likely N-dealkylation sites (N-methyl/N-ethyl adjacent to an activating group) is 1. The Kier molecular flexibility index (Phi) is 23.4. The zero-order valence-corrected chi connectivity index (χ0v) is 37.1. The normalized spacial score (nSPS) is 17.4. The Morgan fingerprint density at radius 1 is 1.07 bits per heavy atom. The van der Waals surface area contributed by atoms with E-state index in [1.807, 2.05) is 7.05 Å². The number of fused-ring (bicyclic) bond motifs is 1. The lowest BCUT2D eigenvalue weighted by Gasteiger charge is -2.27. The van der Waals surface area contributed by atoms with E-state index in [9.17, 15) is 29.1 Å². The van der Waals surface area contributed by atoms with Crippen LogP contribution in [0.1, 0.15) is 109 Å². The third-order valence-electron chi connectivity index (χ3n) is 9.55. The number of hydrogen-bond acceptors (Lipinski definition) is 14. The minimum Gasteiger partial charge on any atom is -0.401 e. The van der Waals surface area contributed by atoms with Crippen molar-refractivity contribution in [3.63, 3.8) is 0 Å². The monoisotopic (exact) mass is 850 g/mol. The van der Waals surface area contributed by atoms with E-state index in [-0.39, 0.29) is 67.8 Å². The first-order valence-electron chi connectivity index (χ1n) is 20.6. The van der Waals surface area contributed by atoms with E-state index in [1.54, 1.807) is 13.8 Å². The predicted octanol–water partition coefficient (Wildman–Crippen LogP) is 3.77. The molecule has 0 bridgehead atoms. The predicted molar refractivity (Wildman–Crippen MR) is 233 cm³/mol. The summed E-state index contributed by atoms with van der Waals surface area (Å²) >= 11 is 3.05. The number of ether oxygens (including phenoxy) is 1. The van der Waals surface area contributed by atoms with Crippen LogP contribution in [0.15, 0.2) is 24.6 Å². The second kappa shape index (κ2) is 26.7. The Bertz CT molecular complexity index is 1500. The smallest absolute Gasteiger partial charge is 0.242 e. The molecule has 1 aromatic rings. The van der Waals surface area contributed by atoms with E-state index in [0.29, 0.717) is 48.5 Å². The number of amides is 4. The Balaban J connectivity index is 0.00000179. The molecule has 1 aliphatic heterocycles. The molecular formula is C41H70N8O7S2. The number of nitrogens with one attached hydrogen (secondary N) is 5. The van der Waals surface area contributed by atoms with Gasteiger partial charge in [-0.3, -0.25) is 24.1 Å². The van der Waals surface area contributed by atoms with Gasteiger partial charge in [-0.15, -0.1) is 23.1 Å². The van der Waals surface area contributed by atoms with Gasteiger partial charge in [0.1, 0.15) is 6.29 Å². The lowest BCUT2D eigenvalue weighted by molar-refractivity contribution is -0.188. The zero-order chi connectivity index (χ0) is 43.1. The molecule has 2 aliphatic rings. The molecular weight excluding hydrogens is 781 g/mol. The zero-order valence-electron chi connectivity index (χ0n) is 35.5. The Labute approximate surface area is 353 Å². The lowest BCUT2D eigenvalue weighted by Crippen LogP contribution is -2.41. The number of likely N-dealkylation sites (tertiary alicyclic amines) is 1. The average molecular weight is 851 g/mol. The molecule has 0 spiro atoms. The number of nitrogens with two attached hydrogens (primary N) is 1. The minimum absolute atomic E-state index is 0.0761. The van der Waals surface area contributed by atoms with Crippen LogP contribution in [-0.2, 0) is 41.6 Å². The van der Waals surface area contributed by atoms with Gasteiger partial charge in [0.05, 0.1) is 24.1 Å². The average Bonchev–Trinajstić information content (AvgIpc) is 3.69. The molecule has 15 nitrogen and oxygen atoms in total. The standard InChI is InChI=1S/C37H60N6O7S2.C4H10N2/c1-6-17-38-27-11-12-28-29(22-27)52-35(41-28)42-32(46)14-13-31(45)39-18-9-7-8-10-21-51-30-23-33(47)43(34(30)48)19-15-26(2)40-24-37(5,49)50-20-16-36(3,4)25-44;1-4(5)3-6-2/h25,27,30,38,40,49H,2,6-24H2,1,3-5H3,(H,39,45)(H,41,42,46);6H,1,3,5H2,2H3. The quantitative estimate of drug-likeness (QED) is 0.0277. The number of rotatable bonds is 28. The molecule has 1 aliphatic carbocycles. The number of thiazole rings is 1. The molecule has 3 rings (SSSR count). The second-order valence-corrected chi connectivity index (χ2v) is 18.2. The fourth-order valence-electron chi connectivity index (χ4n) is 6.00. The van der Waals surface area contributed by atoms with Gasteiger partial charge in [-0.1, -0.05) is 46.8 Å². The number of anilines is 1. The maximum Gasteiger partial charge on any atom is 0.242 e. The highest BCUT2D eigenvalue weighted by molar-refractivity contribution is 8.00. The number of aldehydes is 1. The molecule has 1 aromatic heterocycles. The van der Waals surface area contributed by atoms with Gasteiger partial charge in [-0.05, 0) is 71.2 Å². The van der Waals surface area contributed by atoms with Gasteiger partial charge in [0.25, 0.3) is 0 Å². The SMILES string of the molecule is C=C(CCN1C(=O)CC(SCCCCCCNC(=O)CCC(=O)Nc2nc3c(s2)CC(NCCC)CC3)C1=O)NCC(C)(O)OCCC(C)(C)C=O.C=C(N)CNC. The van der Waals surface area contributed by atoms with Crippen LogP contribution in [0.4, 0.5) is 5.13 Å². The van der Waals surface area contributed by atoms with E-state index in [1.165, 1.54) is 39.8 Å². The molecule has 1 fully saturated rings. The third-order valence-corrected chi connectivity index (χ3v) is 11.9. The summed E-state index contributed by atoms with van der Waals surface area (Å²) in [4.78, 5) is 68.3. The molecule has 1 saturated heterocycles. The van der Waals surface area contributed by atoms with Crippen molar-refractivity contribution < 1.29 is 33.8 Å². The fraction of sp³-hybridized carbons (Fsp3) is 0.707.